The molecule has 0 radical (unpaired) electrons. The molecule has 2 fully saturated rings. The zero-order valence-corrected chi connectivity index (χ0v) is 28.7. The number of hydrogen-bond donors (Lipinski definition) is 1. The highest BCUT2D eigenvalue weighted by atomic mass is 32.2. The predicted molar refractivity (Wildman–Crippen MR) is 181 cm³/mol. The number of anilines is 2. The number of amides is 1. The van der Waals surface area contributed by atoms with Gasteiger partial charge in [-0.25, -0.2) is 27.4 Å². The second-order valence-corrected chi connectivity index (χ2v) is 13.6. The number of carbonyl (C=O) groups excluding carboxylic acids is 1. The molecule has 0 saturated carbocycles. The molecule has 4 aromatic rings. The van der Waals surface area contributed by atoms with Crippen LogP contribution in [0.4, 0.5) is 20.6 Å². The van der Waals surface area contributed by atoms with Crippen molar-refractivity contribution in [2.45, 2.75) is 58.0 Å². The van der Waals surface area contributed by atoms with Gasteiger partial charge in [0, 0.05) is 30.8 Å². The predicted octanol–water partition coefficient (Wildman–Crippen LogP) is 6.23. The number of nitrogens with zero attached hydrogens (tertiary/aromatic N) is 5. The van der Waals surface area contributed by atoms with Gasteiger partial charge in [-0.3, -0.25) is 4.55 Å². The molecule has 1 N–H and O–H groups in total. The van der Waals surface area contributed by atoms with Gasteiger partial charge in [-0.15, -0.1) is 0 Å². The van der Waals surface area contributed by atoms with Crippen molar-refractivity contribution in [1.29, 1.82) is 0 Å². The maximum atomic E-state index is 14.8. The van der Waals surface area contributed by atoms with E-state index in [0.29, 0.717) is 60.1 Å². The third kappa shape index (κ3) is 7.96. The molecule has 3 atom stereocenters. The first kappa shape index (κ1) is 34.5. The minimum Gasteiger partial charge on any atom is -0.497 e. The molecule has 2 saturated heterocycles. The molecular weight excluding hydrogens is 657 g/mol. The number of benzene rings is 2. The smallest absolute Gasteiger partial charge is 0.410 e. The van der Waals surface area contributed by atoms with Crippen LogP contribution in [0, 0.1) is 5.82 Å². The fourth-order valence-corrected chi connectivity index (χ4v) is 6.35. The van der Waals surface area contributed by atoms with Crippen LogP contribution in [-0.2, 0) is 25.5 Å². The van der Waals surface area contributed by atoms with Crippen molar-refractivity contribution in [2.75, 3.05) is 44.3 Å². The van der Waals surface area contributed by atoms with Crippen LogP contribution >= 0.6 is 0 Å². The average Bonchev–Trinajstić information content (AvgIpc) is 3.52. The van der Waals surface area contributed by atoms with Gasteiger partial charge < -0.3 is 28.6 Å². The minimum atomic E-state index is -2.58. The van der Waals surface area contributed by atoms with Crippen LogP contribution in [0.3, 0.4) is 0 Å². The van der Waals surface area contributed by atoms with Gasteiger partial charge in [0.05, 0.1) is 48.9 Å². The first-order valence-electron chi connectivity index (χ1n) is 16.1. The Bertz CT molecular complexity index is 1810. The van der Waals surface area contributed by atoms with E-state index < -0.39 is 34.9 Å². The number of carbonyl (C=O) groups is 1. The molecule has 2 aliphatic rings. The lowest BCUT2D eigenvalue weighted by molar-refractivity contribution is -0.0555. The molecule has 0 aliphatic carbocycles. The van der Waals surface area contributed by atoms with Crippen molar-refractivity contribution in [3.8, 4) is 22.8 Å². The van der Waals surface area contributed by atoms with Gasteiger partial charge in [-0.2, -0.15) is 5.10 Å². The standard InChI is InChI=1S/C34H40FN5O8S/c1-34(2,3)48-33(41)38-14-16-45-25(20-38)21-47-30-18-28(37-32-26(30)19-36-39(32)31-7-5-6-15-46-31)22-8-10-23(11-9-22)40(49(42)43)29-17-24(44-4)12-13-27(29)35/h8-13,17-19,25,31H,5-7,14-16,20-21H2,1-4H3,(H,42,43). The second-order valence-electron chi connectivity index (χ2n) is 12.8. The van der Waals surface area contributed by atoms with E-state index in [1.165, 1.54) is 25.3 Å². The van der Waals surface area contributed by atoms with Crippen LogP contribution in [0.2, 0.25) is 0 Å². The Labute approximate surface area is 286 Å². The number of fused-ring (bicyclic) bond motifs is 1. The van der Waals surface area contributed by atoms with Gasteiger partial charge >= 0.3 is 6.09 Å². The molecular formula is C34H40FN5O8S. The number of methoxy groups -OCH3 is 1. The van der Waals surface area contributed by atoms with E-state index in [9.17, 15) is 17.9 Å². The van der Waals surface area contributed by atoms with Gasteiger partial charge in [0.2, 0.25) is 0 Å². The molecule has 262 valence electrons. The molecule has 2 aromatic heterocycles. The maximum Gasteiger partial charge on any atom is 0.410 e. The van der Waals surface area contributed by atoms with Crippen molar-refractivity contribution >= 4 is 39.8 Å². The van der Waals surface area contributed by atoms with E-state index >= 15 is 0 Å². The summed E-state index contributed by atoms with van der Waals surface area (Å²) in [5, 5.41) is 5.31. The Balaban J connectivity index is 1.30. The Morgan fingerprint density at radius 2 is 1.92 bits per heavy atom. The van der Waals surface area contributed by atoms with Crippen molar-refractivity contribution < 1.29 is 41.6 Å². The van der Waals surface area contributed by atoms with E-state index in [2.05, 4.69) is 5.10 Å². The third-order valence-electron chi connectivity index (χ3n) is 8.10. The van der Waals surface area contributed by atoms with E-state index in [4.69, 9.17) is 28.7 Å². The van der Waals surface area contributed by atoms with Crippen LogP contribution in [0.25, 0.3) is 22.3 Å². The number of rotatable bonds is 9. The summed E-state index contributed by atoms with van der Waals surface area (Å²) in [4.78, 5) is 19.3. The SMILES string of the molecule is COc1ccc(F)c(N(c2ccc(-c3cc(OCC4CN(C(=O)OC(C)(C)C)CCO4)c4cnn(C5CCCCO5)c4n3)cc2)S(=O)O)c1. The highest BCUT2D eigenvalue weighted by Gasteiger charge is 2.29. The Kier molecular flexibility index (Phi) is 10.3. The minimum absolute atomic E-state index is 0.116. The van der Waals surface area contributed by atoms with Gasteiger partial charge in [-0.1, -0.05) is 12.1 Å². The van der Waals surface area contributed by atoms with Crippen LogP contribution < -0.4 is 13.8 Å². The Morgan fingerprint density at radius 1 is 1.12 bits per heavy atom. The topological polar surface area (TPSA) is 138 Å². The van der Waals surface area contributed by atoms with E-state index in [-0.39, 0.29) is 24.2 Å². The molecule has 0 bridgehead atoms. The molecule has 3 unspecified atom stereocenters. The lowest BCUT2D eigenvalue weighted by Gasteiger charge is -2.34. The molecule has 6 rings (SSSR count). The van der Waals surface area contributed by atoms with Crippen molar-refractivity contribution in [2.24, 2.45) is 0 Å². The molecule has 13 nitrogen and oxygen atoms in total. The molecule has 2 aromatic carbocycles. The highest BCUT2D eigenvalue weighted by molar-refractivity contribution is 7.81. The van der Waals surface area contributed by atoms with Crippen molar-refractivity contribution in [3.05, 3.63) is 60.5 Å². The van der Waals surface area contributed by atoms with Crippen molar-refractivity contribution in [1.82, 2.24) is 19.7 Å². The van der Waals surface area contributed by atoms with Gasteiger partial charge in [0.1, 0.15) is 35.6 Å². The van der Waals surface area contributed by atoms with Crippen LogP contribution in [0.15, 0.2) is 54.7 Å². The number of hydrogen-bond acceptors (Lipinski definition) is 9. The molecule has 15 heteroatoms. The number of ether oxygens (including phenoxy) is 5. The number of pyridine rings is 1. The van der Waals surface area contributed by atoms with E-state index in [1.54, 1.807) is 46.1 Å². The quantitative estimate of drug-likeness (QED) is 0.200. The van der Waals surface area contributed by atoms with Crippen molar-refractivity contribution in [3.63, 3.8) is 0 Å². The summed E-state index contributed by atoms with van der Waals surface area (Å²) in [6.07, 6.45) is 3.40. The second kappa shape index (κ2) is 14.7. The molecule has 1 amide bonds. The van der Waals surface area contributed by atoms with E-state index in [1.807, 2.05) is 20.8 Å². The maximum absolute atomic E-state index is 14.8. The van der Waals surface area contributed by atoms with Gasteiger partial charge in [0.25, 0.3) is 11.3 Å². The van der Waals surface area contributed by atoms with Gasteiger partial charge in [-0.05, 0) is 64.3 Å². The first-order valence-corrected chi connectivity index (χ1v) is 17.1. The Hall–Kier alpha value is -4.31. The Morgan fingerprint density at radius 3 is 2.61 bits per heavy atom. The summed E-state index contributed by atoms with van der Waals surface area (Å²) in [6.45, 7) is 7.35. The summed E-state index contributed by atoms with van der Waals surface area (Å²) in [7, 11) is 1.43. The molecule has 4 heterocycles. The first-order chi connectivity index (χ1) is 23.5. The summed E-state index contributed by atoms with van der Waals surface area (Å²) >= 11 is -2.58. The van der Waals surface area contributed by atoms with Crippen LogP contribution in [0.1, 0.15) is 46.3 Å². The lowest BCUT2D eigenvalue weighted by atomic mass is 10.1. The monoisotopic (exact) mass is 697 g/mol. The lowest BCUT2D eigenvalue weighted by Crippen LogP contribution is -2.49. The molecule has 2 aliphatic heterocycles. The third-order valence-corrected chi connectivity index (χ3v) is 8.82. The summed E-state index contributed by atoms with van der Waals surface area (Å²) < 4.78 is 69.2. The molecule has 49 heavy (non-hydrogen) atoms. The normalized spacial score (nSPS) is 19.0. The fourth-order valence-electron chi connectivity index (χ4n) is 5.74. The summed E-state index contributed by atoms with van der Waals surface area (Å²) in [5.74, 6) is 0.166. The summed E-state index contributed by atoms with van der Waals surface area (Å²) in [6, 6.07) is 12.4. The zero-order valence-electron chi connectivity index (χ0n) is 27.8. The highest BCUT2D eigenvalue weighted by Crippen LogP contribution is 2.36. The largest absolute Gasteiger partial charge is 0.497 e. The zero-order chi connectivity index (χ0) is 34.7. The molecule has 0 spiro atoms. The number of halogens is 1. The fraction of sp³-hybridized carbons (Fsp3) is 0.441. The number of morpholine rings is 1. The van der Waals surface area contributed by atoms with Crippen LogP contribution in [0.5, 0.6) is 11.5 Å². The van der Waals surface area contributed by atoms with Crippen LogP contribution in [-0.4, -0.2) is 86.2 Å². The number of aromatic nitrogens is 3. The van der Waals surface area contributed by atoms with E-state index in [0.717, 1.165) is 23.6 Å². The average molecular weight is 698 g/mol. The summed E-state index contributed by atoms with van der Waals surface area (Å²) in [5.41, 5.74) is 1.34. The van der Waals surface area contributed by atoms with Gasteiger partial charge in [0.15, 0.2) is 11.9 Å².